The van der Waals surface area contributed by atoms with E-state index in [0.29, 0.717) is 0 Å². The minimum absolute atomic E-state index is 0.323. The molecular formula is C18H18O. The van der Waals surface area contributed by atoms with E-state index in [-0.39, 0.29) is 5.41 Å². The molecular weight excluding hydrogens is 232 g/mol. The maximum absolute atomic E-state index is 11.8. The molecule has 0 heterocycles. The molecule has 0 radical (unpaired) electrons. The SMILES string of the molecule is O=CC1(Cc2ccccc2)CCCc2ccccc21. The Morgan fingerprint density at radius 3 is 2.53 bits per heavy atom. The largest absolute Gasteiger partial charge is 0.302 e. The van der Waals surface area contributed by atoms with Gasteiger partial charge >= 0.3 is 0 Å². The van der Waals surface area contributed by atoms with E-state index < -0.39 is 0 Å². The van der Waals surface area contributed by atoms with Gasteiger partial charge in [-0.15, -0.1) is 0 Å². The van der Waals surface area contributed by atoms with E-state index in [1.54, 1.807) is 0 Å². The van der Waals surface area contributed by atoms with Crippen LogP contribution in [0.15, 0.2) is 54.6 Å². The average molecular weight is 250 g/mol. The van der Waals surface area contributed by atoms with Gasteiger partial charge in [0.2, 0.25) is 0 Å². The number of hydrogen-bond donors (Lipinski definition) is 0. The standard InChI is InChI=1S/C18H18O/c19-14-18(13-15-7-2-1-3-8-15)12-6-10-16-9-4-5-11-17(16)18/h1-5,7-9,11,14H,6,10,12-13H2. The Bertz CT molecular complexity index is 573. The molecule has 19 heavy (non-hydrogen) atoms. The zero-order chi connectivity index (χ0) is 13.1. The molecule has 2 aromatic carbocycles. The fourth-order valence-electron chi connectivity index (χ4n) is 3.26. The number of carbonyl (C=O) groups is 1. The molecule has 0 saturated heterocycles. The monoisotopic (exact) mass is 250 g/mol. The molecule has 1 unspecified atom stereocenters. The summed E-state index contributed by atoms with van der Waals surface area (Å²) in [6.45, 7) is 0. The third-order valence-electron chi connectivity index (χ3n) is 4.21. The zero-order valence-electron chi connectivity index (χ0n) is 11.0. The lowest BCUT2D eigenvalue weighted by Crippen LogP contribution is -2.34. The van der Waals surface area contributed by atoms with Crippen molar-refractivity contribution in [3.63, 3.8) is 0 Å². The van der Waals surface area contributed by atoms with Gasteiger partial charge in [-0.1, -0.05) is 54.6 Å². The first kappa shape index (κ1) is 12.2. The van der Waals surface area contributed by atoms with Crippen molar-refractivity contribution in [1.29, 1.82) is 0 Å². The molecule has 0 aromatic heterocycles. The summed E-state index contributed by atoms with van der Waals surface area (Å²) in [6, 6.07) is 18.8. The highest BCUT2D eigenvalue weighted by molar-refractivity contribution is 5.71. The van der Waals surface area contributed by atoms with Crippen LogP contribution in [0.4, 0.5) is 0 Å². The predicted molar refractivity (Wildman–Crippen MR) is 77.3 cm³/mol. The van der Waals surface area contributed by atoms with Crippen LogP contribution in [0, 0.1) is 0 Å². The number of aldehydes is 1. The Kier molecular flexibility index (Phi) is 3.20. The molecule has 96 valence electrons. The Morgan fingerprint density at radius 2 is 1.74 bits per heavy atom. The van der Waals surface area contributed by atoms with Crippen molar-refractivity contribution in [3.8, 4) is 0 Å². The molecule has 3 rings (SSSR count). The fraction of sp³-hybridized carbons (Fsp3) is 0.278. The number of benzene rings is 2. The van der Waals surface area contributed by atoms with Gasteiger partial charge < -0.3 is 4.79 Å². The fourth-order valence-corrected chi connectivity index (χ4v) is 3.26. The van der Waals surface area contributed by atoms with Crippen LogP contribution in [0.25, 0.3) is 0 Å². The first-order chi connectivity index (χ1) is 9.34. The number of carbonyl (C=O) groups excluding carboxylic acids is 1. The van der Waals surface area contributed by atoms with Gasteiger partial charge in [0.05, 0.1) is 5.41 Å². The van der Waals surface area contributed by atoms with E-state index in [1.165, 1.54) is 23.0 Å². The molecule has 0 saturated carbocycles. The summed E-state index contributed by atoms with van der Waals surface area (Å²) in [7, 11) is 0. The van der Waals surface area contributed by atoms with Crippen molar-refractivity contribution in [2.24, 2.45) is 0 Å². The molecule has 1 aliphatic carbocycles. The van der Waals surface area contributed by atoms with Gasteiger partial charge in [0, 0.05) is 0 Å². The lowest BCUT2D eigenvalue weighted by molar-refractivity contribution is -0.113. The van der Waals surface area contributed by atoms with Crippen LogP contribution in [-0.2, 0) is 23.1 Å². The maximum atomic E-state index is 11.8. The van der Waals surface area contributed by atoms with E-state index in [9.17, 15) is 4.79 Å². The highest BCUT2D eigenvalue weighted by Crippen LogP contribution is 2.38. The molecule has 1 atom stereocenters. The second kappa shape index (κ2) is 5.00. The Labute approximate surface area is 114 Å². The molecule has 1 heteroatoms. The maximum Gasteiger partial charge on any atom is 0.130 e. The topological polar surface area (TPSA) is 17.1 Å². The molecule has 0 N–H and O–H groups in total. The average Bonchev–Trinajstić information content (AvgIpc) is 2.49. The number of aryl methyl sites for hydroxylation is 1. The lowest BCUT2D eigenvalue weighted by atomic mass is 9.68. The molecule has 1 aliphatic rings. The molecule has 0 aliphatic heterocycles. The van der Waals surface area contributed by atoms with Crippen molar-refractivity contribution in [2.75, 3.05) is 0 Å². The third kappa shape index (κ3) is 2.21. The molecule has 0 spiro atoms. The van der Waals surface area contributed by atoms with Crippen LogP contribution < -0.4 is 0 Å². The van der Waals surface area contributed by atoms with Gasteiger partial charge in [0.25, 0.3) is 0 Å². The second-order valence-corrected chi connectivity index (χ2v) is 5.45. The first-order valence-electron chi connectivity index (χ1n) is 6.93. The van der Waals surface area contributed by atoms with E-state index in [2.05, 4.69) is 30.3 Å². The van der Waals surface area contributed by atoms with Gasteiger partial charge in [0.1, 0.15) is 6.29 Å². The van der Waals surface area contributed by atoms with Gasteiger partial charge in [-0.3, -0.25) is 0 Å². The van der Waals surface area contributed by atoms with Gasteiger partial charge in [0.15, 0.2) is 0 Å². The molecule has 2 aromatic rings. The van der Waals surface area contributed by atoms with E-state index >= 15 is 0 Å². The van der Waals surface area contributed by atoms with Crippen LogP contribution in [0.1, 0.15) is 29.5 Å². The summed E-state index contributed by atoms with van der Waals surface area (Å²) in [5.74, 6) is 0. The number of hydrogen-bond acceptors (Lipinski definition) is 1. The van der Waals surface area contributed by atoms with Crippen LogP contribution in [0.3, 0.4) is 0 Å². The van der Waals surface area contributed by atoms with Crippen molar-refractivity contribution in [1.82, 2.24) is 0 Å². The Balaban J connectivity index is 2.03. The van der Waals surface area contributed by atoms with Crippen LogP contribution in [-0.4, -0.2) is 6.29 Å². The van der Waals surface area contributed by atoms with Crippen molar-refractivity contribution < 1.29 is 4.79 Å². The third-order valence-corrected chi connectivity index (χ3v) is 4.21. The van der Waals surface area contributed by atoms with Gasteiger partial charge in [-0.05, 0) is 42.4 Å². The summed E-state index contributed by atoms with van der Waals surface area (Å²) in [5, 5.41) is 0. The first-order valence-corrected chi connectivity index (χ1v) is 6.93. The lowest BCUT2D eigenvalue weighted by Gasteiger charge is -2.34. The summed E-state index contributed by atoms with van der Waals surface area (Å²) in [4.78, 5) is 11.8. The number of fused-ring (bicyclic) bond motifs is 1. The zero-order valence-corrected chi connectivity index (χ0v) is 11.0. The quantitative estimate of drug-likeness (QED) is 0.759. The number of rotatable bonds is 3. The minimum Gasteiger partial charge on any atom is -0.302 e. The highest BCUT2D eigenvalue weighted by Gasteiger charge is 2.36. The smallest absolute Gasteiger partial charge is 0.130 e. The highest BCUT2D eigenvalue weighted by atomic mass is 16.1. The van der Waals surface area contributed by atoms with Gasteiger partial charge in [-0.25, -0.2) is 0 Å². The minimum atomic E-state index is -0.323. The molecule has 0 amide bonds. The van der Waals surface area contributed by atoms with Crippen LogP contribution in [0.5, 0.6) is 0 Å². The van der Waals surface area contributed by atoms with E-state index in [0.717, 1.165) is 25.7 Å². The molecule has 1 nitrogen and oxygen atoms in total. The normalized spacial score (nSPS) is 21.7. The van der Waals surface area contributed by atoms with Crippen molar-refractivity contribution in [2.45, 2.75) is 31.1 Å². The second-order valence-electron chi connectivity index (χ2n) is 5.45. The summed E-state index contributed by atoms with van der Waals surface area (Å²) >= 11 is 0. The predicted octanol–water partition coefficient (Wildman–Crippen LogP) is 3.70. The van der Waals surface area contributed by atoms with E-state index in [4.69, 9.17) is 0 Å². The molecule has 0 bridgehead atoms. The molecule has 0 fully saturated rings. The van der Waals surface area contributed by atoms with Crippen molar-refractivity contribution >= 4 is 6.29 Å². The Hall–Kier alpha value is -1.89. The van der Waals surface area contributed by atoms with Crippen LogP contribution in [0.2, 0.25) is 0 Å². The Morgan fingerprint density at radius 1 is 1.00 bits per heavy atom. The van der Waals surface area contributed by atoms with Crippen LogP contribution >= 0.6 is 0 Å². The van der Waals surface area contributed by atoms with E-state index in [1.807, 2.05) is 24.3 Å². The summed E-state index contributed by atoms with van der Waals surface area (Å²) < 4.78 is 0. The van der Waals surface area contributed by atoms with Crippen molar-refractivity contribution in [3.05, 3.63) is 71.3 Å². The van der Waals surface area contributed by atoms with Gasteiger partial charge in [-0.2, -0.15) is 0 Å². The summed E-state index contributed by atoms with van der Waals surface area (Å²) in [6.07, 6.45) is 5.15. The summed E-state index contributed by atoms with van der Waals surface area (Å²) in [5.41, 5.74) is 3.50.